The van der Waals surface area contributed by atoms with E-state index in [4.69, 9.17) is 11.6 Å². The Morgan fingerprint density at radius 3 is 2.82 bits per heavy atom. The standard InChI is InChI=1S/C12H14ClN3S/c1-8-7-9(10-3-4-11(13)17-10)16-12(15-8)5-6-14-2/h3-4,7,14H,5-6H2,1-2H3. The summed E-state index contributed by atoms with van der Waals surface area (Å²) in [6, 6.07) is 5.88. The molecule has 90 valence electrons. The number of rotatable bonds is 4. The van der Waals surface area contributed by atoms with Crippen LogP contribution in [-0.2, 0) is 6.42 Å². The van der Waals surface area contributed by atoms with Gasteiger partial charge in [-0.1, -0.05) is 11.6 Å². The van der Waals surface area contributed by atoms with Crippen LogP contribution in [0.5, 0.6) is 0 Å². The number of aromatic nitrogens is 2. The van der Waals surface area contributed by atoms with Gasteiger partial charge >= 0.3 is 0 Å². The number of nitrogens with one attached hydrogen (secondary N) is 1. The molecule has 0 amide bonds. The summed E-state index contributed by atoms with van der Waals surface area (Å²) in [5.41, 5.74) is 1.95. The van der Waals surface area contributed by atoms with E-state index < -0.39 is 0 Å². The van der Waals surface area contributed by atoms with Gasteiger partial charge in [0, 0.05) is 18.7 Å². The van der Waals surface area contributed by atoms with Crippen molar-refractivity contribution in [2.75, 3.05) is 13.6 Å². The van der Waals surface area contributed by atoms with E-state index in [1.54, 1.807) is 11.3 Å². The van der Waals surface area contributed by atoms with Gasteiger partial charge < -0.3 is 5.32 Å². The quantitative estimate of drug-likeness (QED) is 0.926. The molecule has 0 aliphatic heterocycles. The summed E-state index contributed by atoms with van der Waals surface area (Å²) < 4.78 is 0.785. The zero-order valence-electron chi connectivity index (χ0n) is 9.83. The molecule has 2 aromatic rings. The topological polar surface area (TPSA) is 37.8 Å². The number of likely N-dealkylation sites (N-methyl/N-ethyl adjacent to an activating group) is 1. The molecule has 0 aliphatic rings. The fourth-order valence-electron chi connectivity index (χ4n) is 1.56. The van der Waals surface area contributed by atoms with Crippen molar-refractivity contribution in [3.8, 4) is 10.6 Å². The van der Waals surface area contributed by atoms with Gasteiger partial charge in [0.05, 0.1) is 14.9 Å². The van der Waals surface area contributed by atoms with E-state index >= 15 is 0 Å². The van der Waals surface area contributed by atoms with Gasteiger partial charge in [-0.15, -0.1) is 11.3 Å². The van der Waals surface area contributed by atoms with Crippen LogP contribution in [0.4, 0.5) is 0 Å². The number of aryl methyl sites for hydroxylation is 1. The molecular weight excluding hydrogens is 254 g/mol. The molecule has 0 fully saturated rings. The van der Waals surface area contributed by atoms with Gasteiger partial charge in [-0.2, -0.15) is 0 Å². The van der Waals surface area contributed by atoms with Gasteiger partial charge in [-0.3, -0.25) is 0 Å². The molecular formula is C12H14ClN3S. The summed E-state index contributed by atoms with van der Waals surface area (Å²) in [7, 11) is 1.93. The van der Waals surface area contributed by atoms with Gasteiger partial charge in [0.15, 0.2) is 0 Å². The molecule has 0 spiro atoms. The lowest BCUT2D eigenvalue weighted by atomic mass is 10.2. The van der Waals surface area contributed by atoms with Crippen LogP contribution < -0.4 is 5.32 Å². The molecule has 0 atom stereocenters. The predicted octanol–water partition coefficient (Wildman–Crippen LogP) is 2.93. The van der Waals surface area contributed by atoms with E-state index in [1.807, 2.05) is 32.2 Å². The van der Waals surface area contributed by atoms with Crippen LogP contribution in [0.2, 0.25) is 4.34 Å². The van der Waals surface area contributed by atoms with Crippen LogP contribution in [-0.4, -0.2) is 23.6 Å². The minimum Gasteiger partial charge on any atom is -0.319 e. The third kappa shape index (κ3) is 3.25. The summed E-state index contributed by atoms with van der Waals surface area (Å²) >= 11 is 7.48. The highest BCUT2D eigenvalue weighted by Crippen LogP contribution is 2.29. The lowest BCUT2D eigenvalue weighted by Gasteiger charge is -2.04. The summed E-state index contributed by atoms with van der Waals surface area (Å²) in [6.45, 7) is 2.87. The van der Waals surface area contributed by atoms with E-state index in [1.165, 1.54) is 0 Å². The maximum absolute atomic E-state index is 5.94. The maximum atomic E-state index is 5.94. The molecule has 2 heterocycles. The molecule has 0 saturated heterocycles. The lowest BCUT2D eigenvalue weighted by Crippen LogP contribution is -2.12. The van der Waals surface area contributed by atoms with Crippen molar-refractivity contribution in [3.63, 3.8) is 0 Å². The van der Waals surface area contributed by atoms with Gasteiger partial charge in [0.25, 0.3) is 0 Å². The second-order valence-corrected chi connectivity index (χ2v) is 5.48. The summed E-state index contributed by atoms with van der Waals surface area (Å²) in [5.74, 6) is 0.874. The van der Waals surface area contributed by atoms with Crippen LogP contribution in [0.3, 0.4) is 0 Å². The van der Waals surface area contributed by atoms with Crippen molar-refractivity contribution in [2.24, 2.45) is 0 Å². The average Bonchev–Trinajstić information content (AvgIpc) is 2.72. The van der Waals surface area contributed by atoms with Crippen molar-refractivity contribution < 1.29 is 0 Å². The number of halogens is 1. The minimum atomic E-state index is 0.785. The molecule has 0 aromatic carbocycles. The molecule has 5 heteroatoms. The Morgan fingerprint density at radius 2 is 2.18 bits per heavy atom. The van der Waals surface area contributed by atoms with E-state index in [-0.39, 0.29) is 0 Å². The first-order valence-electron chi connectivity index (χ1n) is 5.44. The molecule has 0 aliphatic carbocycles. The van der Waals surface area contributed by atoms with Gasteiger partial charge in [-0.25, -0.2) is 9.97 Å². The van der Waals surface area contributed by atoms with Gasteiger partial charge in [-0.05, 0) is 32.2 Å². The molecule has 17 heavy (non-hydrogen) atoms. The Bertz CT molecular complexity index is 510. The van der Waals surface area contributed by atoms with Gasteiger partial charge in [0.2, 0.25) is 0 Å². The number of hydrogen-bond acceptors (Lipinski definition) is 4. The highest BCUT2D eigenvalue weighted by molar-refractivity contribution is 7.19. The van der Waals surface area contributed by atoms with Crippen molar-refractivity contribution in [1.82, 2.24) is 15.3 Å². The van der Waals surface area contributed by atoms with Crippen LogP contribution in [0.15, 0.2) is 18.2 Å². The zero-order chi connectivity index (χ0) is 12.3. The molecule has 0 bridgehead atoms. The number of nitrogens with zero attached hydrogens (tertiary/aromatic N) is 2. The Morgan fingerprint density at radius 1 is 1.35 bits per heavy atom. The molecule has 0 radical (unpaired) electrons. The first kappa shape index (κ1) is 12.5. The van der Waals surface area contributed by atoms with Crippen molar-refractivity contribution in [1.29, 1.82) is 0 Å². The smallest absolute Gasteiger partial charge is 0.130 e. The fraction of sp³-hybridized carbons (Fsp3) is 0.333. The zero-order valence-corrected chi connectivity index (χ0v) is 11.4. The first-order valence-corrected chi connectivity index (χ1v) is 6.63. The Balaban J connectivity index is 2.31. The second-order valence-electron chi connectivity index (χ2n) is 3.77. The van der Waals surface area contributed by atoms with E-state index in [0.29, 0.717) is 0 Å². The van der Waals surface area contributed by atoms with Crippen LogP contribution in [0.1, 0.15) is 11.5 Å². The second kappa shape index (κ2) is 5.58. The van der Waals surface area contributed by atoms with E-state index in [9.17, 15) is 0 Å². The lowest BCUT2D eigenvalue weighted by molar-refractivity contribution is 0.753. The third-order valence-electron chi connectivity index (χ3n) is 2.32. The first-order chi connectivity index (χ1) is 8.19. The highest BCUT2D eigenvalue weighted by atomic mass is 35.5. The molecule has 2 rings (SSSR count). The predicted molar refractivity (Wildman–Crippen MR) is 72.7 cm³/mol. The monoisotopic (exact) mass is 267 g/mol. The third-order valence-corrected chi connectivity index (χ3v) is 3.58. The molecule has 1 N–H and O–H groups in total. The summed E-state index contributed by atoms with van der Waals surface area (Å²) in [5, 5.41) is 3.10. The van der Waals surface area contributed by atoms with Crippen molar-refractivity contribution in [3.05, 3.63) is 34.1 Å². The number of thiophene rings is 1. The van der Waals surface area contributed by atoms with Crippen LogP contribution in [0, 0.1) is 6.92 Å². The molecule has 2 aromatic heterocycles. The van der Waals surface area contributed by atoms with Crippen molar-refractivity contribution >= 4 is 22.9 Å². The summed E-state index contributed by atoms with van der Waals surface area (Å²) in [6.07, 6.45) is 0.838. The fourth-order valence-corrected chi connectivity index (χ4v) is 2.56. The van der Waals surface area contributed by atoms with E-state index in [2.05, 4.69) is 15.3 Å². The normalized spacial score (nSPS) is 10.8. The molecule has 0 unspecified atom stereocenters. The Kier molecular flexibility index (Phi) is 4.10. The van der Waals surface area contributed by atoms with E-state index in [0.717, 1.165) is 39.4 Å². The maximum Gasteiger partial charge on any atom is 0.130 e. The van der Waals surface area contributed by atoms with Crippen LogP contribution in [0.25, 0.3) is 10.6 Å². The Labute approximate surface area is 110 Å². The van der Waals surface area contributed by atoms with Crippen molar-refractivity contribution in [2.45, 2.75) is 13.3 Å². The average molecular weight is 268 g/mol. The number of hydrogen-bond donors (Lipinski definition) is 1. The minimum absolute atomic E-state index is 0.785. The summed E-state index contributed by atoms with van der Waals surface area (Å²) in [4.78, 5) is 10.1. The van der Waals surface area contributed by atoms with Gasteiger partial charge in [0.1, 0.15) is 5.82 Å². The highest BCUT2D eigenvalue weighted by Gasteiger charge is 2.06. The SMILES string of the molecule is CNCCc1nc(C)cc(-c2ccc(Cl)s2)n1. The molecule has 3 nitrogen and oxygen atoms in total. The Hall–Kier alpha value is -0.970. The largest absolute Gasteiger partial charge is 0.319 e. The van der Waals surface area contributed by atoms with Crippen LogP contribution >= 0.6 is 22.9 Å². The molecule has 0 saturated carbocycles.